The minimum absolute atomic E-state index is 0. The van der Waals surface area contributed by atoms with Crippen LogP contribution >= 0.6 is 24.8 Å². The van der Waals surface area contributed by atoms with Crippen LogP contribution in [0.1, 0.15) is 37.4 Å². The number of rotatable bonds is 4. The van der Waals surface area contributed by atoms with Crippen LogP contribution in [0.5, 0.6) is 0 Å². The Balaban J connectivity index is 0.00000264. The molecule has 1 saturated heterocycles. The standard InChI is InChI=1S/C16H22F4N2.2ClH/c1-3-11(2)15(22-8-6-21-7-9-22)13-5-4-12(10-14(13)17)16(18,19)20;;/h4-5,10-11,15,21H,3,6-9H2,1-2H3;2*1H/t11?,15-;;/m1../s1. The van der Waals surface area contributed by atoms with Gasteiger partial charge in [-0.25, -0.2) is 4.39 Å². The fraction of sp³-hybridized carbons (Fsp3) is 0.625. The van der Waals surface area contributed by atoms with E-state index < -0.39 is 17.6 Å². The molecule has 1 unspecified atom stereocenters. The molecule has 0 aliphatic carbocycles. The van der Waals surface area contributed by atoms with Crippen LogP contribution in [0.25, 0.3) is 0 Å². The van der Waals surface area contributed by atoms with E-state index in [0.29, 0.717) is 11.6 Å². The van der Waals surface area contributed by atoms with Gasteiger partial charge >= 0.3 is 6.18 Å². The molecule has 0 radical (unpaired) electrons. The van der Waals surface area contributed by atoms with E-state index in [1.165, 1.54) is 6.07 Å². The predicted molar refractivity (Wildman–Crippen MR) is 92.5 cm³/mol. The molecule has 1 aliphatic rings. The number of hydrogen-bond donors (Lipinski definition) is 1. The average Bonchev–Trinajstić information content (AvgIpc) is 2.49. The third-order valence-corrected chi connectivity index (χ3v) is 4.37. The number of hydrogen-bond acceptors (Lipinski definition) is 2. The van der Waals surface area contributed by atoms with E-state index in [9.17, 15) is 17.6 Å². The summed E-state index contributed by atoms with van der Waals surface area (Å²) in [6.45, 7) is 7.21. The highest BCUT2D eigenvalue weighted by atomic mass is 35.5. The molecule has 140 valence electrons. The first-order valence-corrected chi connectivity index (χ1v) is 7.66. The van der Waals surface area contributed by atoms with Crippen LogP contribution < -0.4 is 5.32 Å². The quantitative estimate of drug-likeness (QED) is 0.750. The average molecular weight is 391 g/mol. The van der Waals surface area contributed by atoms with Crippen LogP contribution in [-0.4, -0.2) is 31.1 Å². The zero-order chi connectivity index (χ0) is 16.3. The van der Waals surface area contributed by atoms with Crippen molar-refractivity contribution in [3.63, 3.8) is 0 Å². The largest absolute Gasteiger partial charge is 0.416 e. The lowest BCUT2D eigenvalue weighted by molar-refractivity contribution is -0.137. The van der Waals surface area contributed by atoms with E-state index in [1.807, 2.05) is 13.8 Å². The van der Waals surface area contributed by atoms with Crippen LogP contribution in [0.2, 0.25) is 0 Å². The molecule has 2 nitrogen and oxygen atoms in total. The van der Waals surface area contributed by atoms with Crippen LogP contribution in [0.3, 0.4) is 0 Å². The van der Waals surface area contributed by atoms with Gasteiger partial charge < -0.3 is 5.32 Å². The molecule has 2 atom stereocenters. The van der Waals surface area contributed by atoms with E-state index in [1.54, 1.807) is 0 Å². The summed E-state index contributed by atoms with van der Waals surface area (Å²) in [5, 5.41) is 3.24. The molecule has 0 spiro atoms. The highest BCUT2D eigenvalue weighted by Crippen LogP contribution is 2.36. The van der Waals surface area contributed by atoms with Crippen LogP contribution in [0.15, 0.2) is 18.2 Å². The van der Waals surface area contributed by atoms with Crippen molar-refractivity contribution in [2.75, 3.05) is 26.2 Å². The maximum absolute atomic E-state index is 14.3. The van der Waals surface area contributed by atoms with Gasteiger partial charge in [0, 0.05) is 37.8 Å². The Morgan fingerprint density at radius 1 is 1.17 bits per heavy atom. The monoisotopic (exact) mass is 390 g/mol. The van der Waals surface area contributed by atoms with Crippen molar-refractivity contribution in [2.45, 2.75) is 32.5 Å². The van der Waals surface area contributed by atoms with Gasteiger partial charge in [-0.1, -0.05) is 26.3 Å². The van der Waals surface area contributed by atoms with Gasteiger partial charge in [0.1, 0.15) is 5.82 Å². The summed E-state index contributed by atoms with van der Waals surface area (Å²) in [5.41, 5.74) is -0.568. The first-order valence-electron chi connectivity index (χ1n) is 7.66. The molecule has 0 bridgehead atoms. The minimum atomic E-state index is -4.51. The number of piperazine rings is 1. The van der Waals surface area contributed by atoms with Gasteiger partial charge in [0.25, 0.3) is 0 Å². The summed E-state index contributed by atoms with van der Waals surface area (Å²) in [5.74, 6) is -0.594. The van der Waals surface area contributed by atoms with Gasteiger partial charge in [0.15, 0.2) is 0 Å². The third-order valence-electron chi connectivity index (χ3n) is 4.37. The van der Waals surface area contributed by atoms with E-state index in [4.69, 9.17) is 0 Å². The molecule has 2 rings (SSSR count). The first kappa shape index (κ1) is 23.4. The molecule has 1 aromatic rings. The molecule has 0 amide bonds. The minimum Gasteiger partial charge on any atom is -0.314 e. The van der Waals surface area contributed by atoms with Crippen molar-refractivity contribution >= 4 is 24.8 Å². The zero-order valence-corrected chi connectivity index (χ0v) is 15.3. The Hall–Kier alpha value is -0.560. The molecule has 0 saturated carbocycles. The lowest BCUT2D eigenvalue weighted by Crippen LogP contribution is -2.46. The molecular formula is C16H24Cl2F4N2. The second-order valence-corrected chi connectivity index (χ2v) is 5.85. The van der Waals surface area contributed by atoms with Gasteiger partial charge in [-0.3, -0.25) is 4.90 Å². The Morgan fingerprint density at radius 3 is 2.21 bits per heavy atom. The topological polar surface area (TPSA) is 15.3 Å². The summed E-state index contributed by atoms with van der Waals surface area (Å²) in [6.07, 6.45) is -3.67. The van der Waals surface area contributed by atoms with Gasteiger partial charge in [-0.2, -0.15) is 13.2 Å². The maximum Gasteiger partial charge on any atom is 0.416 e. The van der Waals surface area contributed by atoms with Crippen LogP contribution in [0, 0.1) is 11.7 Å². The molecular weight excluding hydrogens is 367 g/mol. The fourth-order valence-electron chi connectivity index (χ4n) is 2.99. The molecule has 1 fully saturated rings. The highest BCUT2D eigenvalue weighted by Gasteiger charge is 2.33. The number of nitrogens with one attached hydrogen (secondary N) is 1. The molecule has 1 aromatic carbocycles. The SMILES string of the molecule is CCC(C)[C@H](c1ccc(C(F)(F)F)cc1F)N1CCNCC1.Cl.Cl. The second-order valence-electron chi connectivity index (χ2n) is 5.85. The van der Waals surface area contributed by atoms with Crippen molar-refractivity contribution < 1.29 is 17.6 Å². The van der Waals surface area contributed by atoms with E-state index in [2.05, 4.69) is 10.2 Å². The summed E-state index contributed by atoms with van der Waals surface area (Å²) in [4.78, 5) is 2.16. The summed E-state index contributed by atoms with van der Waals surface area (Å²) in [6, 6.07) is 2.72. The number of nitrogens with zero attached hydrogens (tertiary/aromatic N) is 1. The van der Waals surface area contributed by atoms with Gasteiger partial charge in [-0.15, -0.1) is 24.8 Å². The Kier molecular flexibility index (Phi) is 9.57. The first-order chi connectivity index (χ1) is 10.3. The second kappa shape index (κ2) is 9.80. The van der Waals surface area contributed by atoms with Crippen molar-refractivity contribution in [1.82, 2.24) is 10.2 Å². The Bertz CT molecular complexity index is 505. The smallest absolute Gasteiger partial charge is 0.314 e. The number of benzene rings is 1. The van der Waals surface area contributed by atoms with Gasteiger partial charge in [-0.05, 0) is 18.1 Å². The van der Waals surface area contributed by atoms with Crippen LogP contribution in [-0.2, 0) is 6.18 Å². The van der Waals surface area contributed by atoms with Gasteiger partial charge in [0.2, 0.25) is 0 Å². The zero-order valence-electron chi connectivity index (χ0n) is 13.7. The molecule has 1 N–H and O–H groups in total. The third kappa shape index (κ3) is 5.48. The van der Waals surface area contributed by atoms with Crippen molar-refractivity contribution in [2.24, 2.45) is 5.92 Å². The summed E-state index contributed by atoms with van der Waals surface area (Å²) < 4.78 is 52.4. The maximum atomic E-state index is 14.3. The molecule has 8 heteroatoms. The molecule has 0 aromatic heterocycles. The molecule has 24 heavy (non-hydrogen) atoms. The summed E-state index contributed by atoms with van der Waals surface area (Å²) in [7, 11) is 0. The number of alkyl halides is 3. The van der Waals surface area contributed by atoms with E-state index in [-0.39, 0.29) is 36.8 Å². The number of halogens is 6. The van der Waals surface area contributed by atoms with Crippen molar-refractivity contribution in [1.29, 1.82) is 0 Å². The molecule has 1 heterocycles. The van der Waals surface area contributed by atoms with Crippen molar-refractivity contribution in [3.8, 4) is 0 Å². The Morgan fingerprint density at radius 2 is 1.75 bits per heavy atom. The van der Waals surface area contributed by atoms with Crippen molar-refractivity contribution in [3.05, 3.63) is 35.1 Å². The fourth-order valence-corrected chi connectivity index (χ4v) is 2.99. The lowest BCUT2D eigenvalue weighted by atomic mass is 9.89. The van der Waals surface area contributed by atoms with E-state index in [0.717, 1.165) is 38.7 Å². The Labute approximate surface area is 152 Å². The van der Waals surface area contributed by atoms with E-state index >= 15 is 0 Å². The normalized spacial score (nSPS) is 18.2. The summed E-state index contributed by atoms with van der Waals surface area (Å²) >= 11 is 0. The lowest BCUT2D eigenvalue weighted by Gasteiger charge is -2.38. The predicted octanol–water partition coefficient (Wildman–Crippen LogP) is 4.68. The highest BCUT2D eigenvalue weighted by molar-refractivity contribution is 5.85. The van der Waals surface area contributed by atoms with Gasteiger partial charge in [0.05, 0.1) is 5.56 Å². The molecule has 1 aliphatic heterocycles. The van der Waals surface area contributed by atoms with Crippen LogP contribution in [0.4, 0.5) is 17.6 Å².